The predicted octanol–water partition coefficient (Wildman–Crippen LogP) is 3.36. The van der Waals surface area contributed by atoms with Crippen LogP contribution in [0.3, 0.4) is 0 Å². The van der Waals surface area contributed by atoms with E-state index in [-0.39, 0.29) is 11.4 Å². The molecular weight excluding hydrogens is 314 g/mol. The number of esters is 1. The molecule has 4 nitrogen and oxygen atoms in total. The second-order valence-electron chi connectivity index (χ2n) is 7.65. The number of benzene rings is 1. The van der Waals surface area contributed by atoms with Gasteiger partial charge in [-0.3, -0.25) is 0 Å². The van der Waals surface area contributed by atoms with Crippen LogP contribution in [0.25, 0.3) is 5.57 Å². The zero-order valence-electron chi connectivity index (χ0n) is 15.3. The van der Waals surface area contributed by atoms with Crippen LogP contribution < -0.4 is 4.74 Å². The number of hydrogen-bond donors (Lipinski definition) is 0. The Hall–Kier alpha value is -1.81. The number of nitrogens with zero attached hydrogens (tertiary/aromatic N) is 1. The fourth-order valence-corrected chi connectivity index (χ4v) is 4.51. The molecule has 0 unspecified atom stereocenters. The standard InChI is InChI=1S/C21H27NO3/c1-3-24-18-7-5-16-4-6-17(19(16)15(18)2)20(23)25-14-21-8-11-22(12-9-21)13-10-21/h5-7H,3-4,8-14H2,1-2H3. The summed E-state index contributed by atoms with van der Waals surface area (Å²) >= 11 is 0. The topological polar surface area (TPSA) is 38.8 Å². The van der Waals surface area contributed by atoms with E-state index in [1.165, 1.54) is 5.56 Å². The molecule has 3 fully saturated rings. The number of rotatable bonds is 5. The third-order valence-corrected chi connectivity index (χ3v) is 6.20. The summed E-state index contributed by atoms with van der Waals surface area (Å²) in [5.41, 5.74) is 4.20. The monoisotopic (exact) mass is 341 g/mol. The molecule has 4 aliphatic rings. The van der Waals surface area contributed by atoms with Crippen molar-refractivity contribution < 1.29 is 14.3 Å². The first-order valence-electron chi connectivity index (χ1n) is 9.47. The molecule has 1 aromatic carbocycles. The van der Waals surface area contributed by atoms with Crippen LogP contribution in [0.2, 0.25) is 0 Å². The van der Waals surface area contributed by atoms with Gasteiger partial charge < -0.3 is 14.4 Å². The van der Waals surface area contributed by atoms with E-state index in [4.69, 9.17) is 9.47 Å². The first kappa shape index (κ1) is 16.6. The second-order valence-corrected chi connectivity index (χ2v) is 7.65. The molecule has 2 bridgehead atoms. The van der Waals surface area contributed by atoms with E-state index in [9.17, 15) is 4.79 Å². The predicted molar refractivity (Wildman–Crippen MR) is 97.7 cm³/mol. The maximum Gasteiger partial charge on any atom is 0.338 e. The van der Waals surface area contributed by atoms with Gasteiger partial charge in [-0.05, 0) is 81.9 Å². The molecule has 3 aliphatic heterocycles. The third-order valence-electron chi connectivity index (χ3n) is 6.20. The molecule has 0 spiro atoms. The van der Waals surface area contributed by atoms with Gasteiger partial charge >= 0.3 is 5.97 Å². The zero-order chi connectivity index (χ0) is 17.4. The molecule has 0 saturated carbocycles. The lowest BCUT2D eigenvalue weighted by Crippen LogP contribution is -2.50. The molecule has 4 heteroatoms. The highest BCUT2D eigenvalue weighted by Crippen LogP contribution is 2.41. The van der Waals surface area contributed by atoms with E-state index in [1.54, 1.807) is 0 Å². The van der Waals surface area contributed by atoms with Gasteiger partial charge in [0.2, 0.25) is 0 Å². The van der Waals surface area contributed by atoms with Gasteiger partial charge in [-0.25, -0.2) is 4.79 Å². The Kier molecular flexibility index (Phi) is 4.32. The van der Waals surface area contributed by atoms with Crippen molar-refractivity contribution in [3.63, 3.8) is 0 Å². The summed E-state index contributed by atoms with van der Waals surface area (Å²) in [7, 11) is 0. The summed E-state index contributed by atoms with van der Waals surface area (Å²) < 4.78 is 11.5. The Bertz CT molecular complexity index is 700. The minimum absolute atomic E-state index is 0.169. The summed E-state index contributed by atoms with van der Waals surface area (Å²) in [5, 5.41) is 0. The van der Waals surface area contributed by atoms with E-state index in [0.717, 1.165) is 67.8 Å². The molecule has 25 heavy (non-hydrogen) atoms. The average Bonchev–Trinajstić information content (AvgIpc) is 3.09. The summed E-state index contributed by atoms with van der Waals surface area (Å²) in [6, 6.07) is 4.08. The summed E-state index contributed by atoms with van der Waals surface area (Å²) in [5.74, 6) is 0.693. The van der Waals surface area contributed by atoms with Crippen LogP contribution in [0.5, 0.6) is 5.75 Å². The van der Waals surface area contributed by atoms with E-state index in [0.29, 0.717) is 13.2 Å². The van der Waals surface area contributed by atoms with E-state index >= 15 is 0 Å². The van der Waals surface area contributed by atoms with Gasteiger partial charge in [-0.1, -0.05) is 12.1 Å². The van der Waals surface area contributed by atoms with Gasteiger partial charge in [-0.2, -0.15) is 0 Å². The zero-order valence-corrected chi connectivity index (χ0v) is 15.3. The minimum Gasteiger partial charge on any atom is -0.494 e. The molecule has 3 heterocycles. The van der Waals surface area contributed by atoms with Crippen molar-refractivity contribution >= 4 is 11.5 Å². The smallest absolute Gasteiger partial charge is 0.338 e. The number of carbonyl (C=O) groups excluding carboxylic acids is 1. The molecule has 5 rings (SSSR count). The first-order valence-corrected chi connectivity index (χ1v) is 9.47. The van der Waals surface area contributed by atoms with Gasteiger partial charge in [0.05, 0.1) is 18.8 Å². The van der Waals surface area contributed by atoms with Gasteiger partial charge in [0, 0.05) is 5.41 Å². The van der Waals surface area contributed by atoms with E-state index < -0.39 is 0 Å². The lowest BCUT2D eigenvalue weighted by molar-refractivity contribution is -0.143. The van der Waals surface area contributed by atoms with Crippen LogP contribution in [0.15, 0.2) is 18.2 Å². The van der Waals surface area contributed by atoms with Crippen LogP contribution in [-0.2, 0) is 16.0 Å². The van der Waals surface area contributed by atoms with Crippen molar-refractivity contribution in [3.05, 3.63) is 34.9 Å². The number of allylic oxidation sites excluding steroid dienone is 1. The number of ether oxygens (including phenoxy) is 2. The van der Waals surface area contributed by atoms with Crippen LogP contribution in [-0.4, -0.2) is 43.7 Å². The van der Waals surface area contributed by atoms with E-state index in [1.807, 2.05) is 26.0 Å². The SMILES string of the molecule is CCOc1ccc2c(c1C)C(C(=O)OCC13CCN(CC1)CC3)=CC2. The number of fused-ring (bicyclic) bond motifs is 4. The van der Waals surface area contributed by atoms with Crippen LogP contribution in [0.4, 0.5) is 0 Å². The normalized spacial score (nSPS) is 27.0. The van der Waals surface area contributed by atoms with Gasteiger partial charge in [0.25, 0.3) is 0 Å². The fraction of sp³-hybridized carbons (Fsp3) is 0.571. The molecule has 0 aromatic heterocycles. The number of hydrogen-bond acceptors (Lipinski definition) is 4. The lowest BCUT2D eigenvalue weighted by Gasteiger charge is -2.47. The van der Waals surface area contributed by atoms with Crippen molar-refractivity contribution in [3.8, 4) is 5.75 Å². The summed E-state index contributed by atoms with van der Waals surface area (Å²) in [4.78, 5) is 15.3. The minimum atomic E-state index is -0.169. The van der Waals surface area contributed by atoms with Crippen molar-refractivity contribution in [2.24, 2.45) is 5.41 Å². The average molecular weight is 341 g/mol. The maximum absolute atomic E-state index is 12.8. The lowest BCUT2D eigenvalue weighted by atomic mass is 9.73. The summed E-state index contributed by atoms with van der Waals surface area (Å²) in [6.45, 7) is 8.66. The molecule has 1 aliphatic carbocycles. The van der Waals surface area contributed by atoms with Gasteiger partial charge in [-0.15, -0.1) is 0 Å². The molecule has 1 aromatic rings. The van der Waals surface area contributed by atoms with Crippen molar-refractivity contribution in [1.29, 1.82) is 0 Å². The molecule has 0 amide bonds. The van der Waals surface area contributed by atoms with E-state index in [2.05, 4.69) is 11.0 Å². The van der Waals surface area contributed by atoms with Gasteiger partial charge in [0.1, 0.15) is 5.75 Å². The Morgan fingerprint density at radius 1 is 1.20 bits per heavy atom. The molecule has 3 saturated heterocycles. The van der Waals surface area contributed by atoms with Crippen molar-refractivity contribution in [1.82, 2.24) is 4.90 Å². The van der Waals surface area contributed by atoms with Gasteiger partial charge in [0.15, 0.2) is 0 Å². The highest BCUT2D eigenvalue weighted by molar-refractivity contribution is 6.18. The molecule has 134 valence electrons. The van der Waals surface area contributed by atoms with Crippen molar-refractivity contribution in [2.75, 3.05) is 32.8 Å². The third kappa shape index (κ3) is 2.97. The van der Waals surface area contributed by atoms with Crippen molar-refractivity contribution in [2.45, 2.75) is 39.5 Å². The van der Waals surface area contributed by atoms with Crippen LogP contribution in [0, 0.1) is 12.3 Å². The Morgan fingerprint density at radius 3 is 2.60 bits per heavy atom. The maximum atomic E-state index is 12.8. The highest BCUT2D eigenvalue weighted by Gasteiger charge is 2.40. The quantitative estimate of drug-likeness (QED) is 0.770. The van der Waals surface area contributed by atoms with Crippen LogP contribution >= 0.6 is 0 Å². The molecular formula is C21H27NO3. The Labute approximate surface area is 149 Å². The molecule has 0 atom stereocenters. The fourth-order valence-electron chi connectivity index (χ4n) is 4.51. The Balaban J connectivity index is 1.48. The second kappa shape index (κ2) is 6.49. The number of piperidine rings is 3. The Morgan fingerprint density at radius 2 is 1.92 bits per heavy atom. The van der Waals surface area contributed by atoms with Crippen LogP contribution in [0.1, 0.15) is 42.9 Å². The summed E-state index contributed by atoms with van der Waals surface area (Å²) in [6.07, 6.45) is 6.28. The highest BCUT2D eigenvalue weighted by atomic mass is 16.5. The molecule has 0 radical (unpaired) electrons. The number of carbonyl (C=O) groups is 1. The largest absolute Gasteiger partial charge is 0.494 e. The first-order chi connectivity index (χ1) is 12.1. The molecule has 0 N–H and O–H groups in total.